The SMILES string of the molecule is CCN(CCc1ccccc1)C(=O)c1c(F)cccc1F. The number of nitrogens with zero attached hydrogens (tertiary/aromatic N) is 1. The van der Waals surface area contributed by atoms with E-state index in [0.29, 0.717) is 19.5 Å². The van der Waals surface area contributed by atoms with Crippen molar-refractivity contribution < 1.29 is 13.6 Å². The van der Waals surface area contributed by atoms with Gasteiger partial charge in [0.05, 0.1) is 0 Å². The number of hydrogen-bond donors (Lipinski definition) is 0. The van der Waals surface area contributed by atoms with Crippen LogP contribution in [0.15, 0.2) is 48.5 Å². The Labute approximate surface area is 123 Å². The number of rotatable bonds is 5. The summed E-state index contributed by atoms with van der Waals surface area (Å²) in [5.41, 5.74) is 0.602. The molecule has 0 unspecified atom stereocenters. The van der Waals surface area contributed by atoms with E-state index in [1.807, 2.05) is 30.3 Å². The number of hydrogen-bond acceptors (Lipinski definition) is 1. The lowest BCUT2D eigenvalue weighted by molar-refractivity contribution is 0.0756. The largest absolute Gasteiger partial charge is 0.338 e. The van der Waals surface area contributed by atoms with Crippen LogP contribution in [0.5, 0.6) is 0 Å². The minimum Gasteiger partial charge on any atom is -0.338 e. The summed E-state index contributed by atoms with van der Waals surface area (Å²) < 4.78 is 27.3. The van der Waals surface area contributed by atoms with Crippen LogP contribution in [0.2, 0.25) is 0 Å². The maximum absolute atomic E-state index is 13.7. The molecule has 0 aliphatic heterocycles. The van der Waals surface area contributed by atoms with Gasteiger partial charge in [0, 0.05) is 13.1 Å². The van der Waals surface area contributed by atoms with Crippen molar-refractivity contribution in [2.75, 3.05) is 13.1 Å². The van der Waals surface area contributed by atoms with Gasteiger partial charge in [-0.1, -0.05) is 36.4 Å². The van der Waals surface area contributed by atoms with Gasteiger partial charge in [0.25, 0.3) is 5.91 Å². The standard InChI is InChI=1S/C17H17F2NO/c1-2-20(12-11-13-7-4-3-5-8-13)17(21)16-14(18)9-6-10-15(16)19/h3-10H,2,11-12H2,1H3. The van der Waals surface area contributed by atoms with E-state index in [1.54, 1.807) is 6.92 Å². The lowest BCUT2D eigenvalue weighted by Gasteiger charge is -2.21. The molecular weight excluding hydrogens is 272 g/mol. The van der Waals surface area contributed by atoms with Crippen molar-refractivity contribution in [2.45, 2.75) is 13.3 Å². The third-order valence-electron chi connectivity index (χ3n) is 3.36. The summed E-state index contributed by atoms with van der Waals surface area (Å²) >= 11 is 0. The van der Waals surface area contributed by atoms with Gasteiger partial charge in [0.2, 0.25) is 0 Å². The van der Waals surface area contributed by atoms with E-state index in [-0.39, 0.29) is 0 Å². The van der Waals surface area contributed by atoms with Crippen molar-refractivity contribution in [1.29, 1.82) is 0 Å². The molecule has 0 bridgehead atoms. The number of likely N-dealkylation sites (N-methyl/N-ethyl adjacent to an activating group) is 1. The maximum atomic E-state index is 13.7. The summed E-state index contributed by atoms with van der Waals surface area (Å²) in [6.45, 7) is 2.62. The van der Waals surface area contributed by atoms with Crippen LogP contribution < -0.4 is 0 Å². The molecule has 2 nitrogen and oxygen atoms in total. The number of carbonyl (C=O) groups is 1. The molecule has 0 spiro atoms. The number of amides is 1. The zero-order chi connectivity index (χ0) is 15.2. The molecular formula is C17H17F2NO. The van der Waals surface area contributed by atoms with Crippen molar-refractivity contribution in [3.05, 3.63) is 71.3 Å². The fourth-order valence-corrected chi connectivity index (χ4v) is 2.17. The van der Waals surface area contributed by atoms with E-state index in [9.17, 15) is 13.6 Å². The highest BCUT2D eigenvalue weighted by Crippen LogP contribution is 2.15. The summed E-state index contributed by atoms with van der Waals surface area (Å²) in [4.78, 5) is 13.7. The summed E-state index contributed by atoms with van der Waals surface area (Å²) in [6.07, 6.45) is 0.649. The second-order valence-corrected chi connectivity index (χ2v) is 4.72. The van der Waals surface area contributed by atoms with Gasteiger partial charge in [0.15, 0.2) is 0 Å². The van der Waals surface area contributed by atoms with Gasteiger partial charge in [-0.15, -0.1) is 0 Å². The van der Waals surface area contributed by atoms with E-state index in [4.69, 9.17) is 0 Å². The zero-order valence-corrected chi connectivity index (χ0v) is 11.9. The Hall–Kier alpha value is -2.23. The Morgan fingerprint density at radius 3 is 2.19 bits per heavy atom. The van der Waals surface area contributed by atoms with Crippen LogP contribution in [0, 0.1) is 11.6 Å². The number of benzene rings is 2. The second kappa shape index (κ2) is 6.97. The van der Waals surface area contributed by atoms with E-state index in [0.717, 1.165) is 17.7 Å². The molecule has 0 aliphatic rings. The Kier molecular flexibility index (Phi) is 5.04. The predicted molar refractivity (Wildman–Crippen MR) is 78.1 cm³/mol. The molecule has 21 heavy (non-hydrogen) atoms. The van der Waals surface area contributed by atoms with Gasteiger partial charge in [-0.2, -0.15) is 0 Å². The minimum atomic E-state index is -0.821. The van der Waals surface area contributed by atoms with Gasteiger partial charge in [0.1, 0.15) is 17.2 Å². The van der Waals surface area contributed by atoms with E-state index >= 15 is 0 Å². The van der Waals surface area contributed by atoms with Crippen LogP contribution in [0.25, 0.3) is 0 Å². The highest BCUT2D eigenvalue weighted by molar-refractivity contribution is 5.94. The number of halogens is 2. The van der Waals surface area contributed by atoms with Gasteiger partial charge in [-0.05, 0) is 31.0 Å². The quantitative estimate of drug-likeness (QED) is 0.822. The van der Waals surface area contributed by atoms with Crippen molar-refractivity contribution in [1.82, 2.24) is 4.90 Å². The topological polar surface area (TPSA) is 20.3 Å². The molecule has 0 aromatic heterocycles. The molecule has 0 saturated heterocycles. The zero-order valence-electron chi connectivity index (χ0n) is 11.9. The van der Waals surface area contributed by atoms with Crippen molar-refractivity contribution >= 4 is 5.91 Å². The average Bonchev–Trinajstić information content (AvgIpc) is 2.49. The van der Waals surface area contributed by atoms with Crippen LogP contribution in [0.4, 0.5) is 8.78 Å². The third kappa shape index (κ3) is 3.66. The summed E-state index contributed by atoms with van der Waals surface area (Å²) in [5, 5.41) is 0. The molecule has 4 heteroatoms. The average molecular weight is 289 g/mol. The summed E-state index contributed by atoms with van der Waals surface area (Å²) in [7, 11) is 0. The highest BCUT2D eigenvalue weighted by Gasteiger charge is 2.21. The molecule has 0 fully saturated rings. The molecule has 1 amide bonds. The van der Waals surface area contributed by atoms with E-state index in [2.05, 4.69) is 0 Å². The van der Waals surface area contributed by atoms with Crippen LogP contribution in [0.3, 0.4) is 0 Å². The first kappa shape index (κ1) is 15.2. The van der Waals surface area contributed by atoms with E-state index in [1.165, 1.54) is 11.0 Å². The molecule has 0 heterocycles. The first-order chi connectivity index (χ1) is 10.1. The molecule has 2 aromatic rings. The lowest BCUT2D eigenvalue weighted by Crippen LogP contribution is -2.34. The first-order valence-corrected chi connectivity index (χ1v) is 6.90. The Morgan fingerprint density at radius 1 is 1.00 bits per heavy atom. The molecule has 0 N–H and O–H groups in total. The van der Waals surface area contributed by atoms with Crippen molar-refractivity contribution in [3.63, 3.8) is 0 Å². The Balaban J connectivity index is 2.12. The second-order valence-electron chi connectivity index (χ2n) is 4.72. The molecule has 110 valence electrons. The molecule has 0 aliphatic carbocycles. The minimum absolute atomic E-state index is 0.402. The molecule has 0 radical (unpaired) electrons. The van der Waals surface area contributed by atoms with Crippen LogP contribution in [0.1, 0.15) is 22.8 Å². The number of carbonyl (C=O) groups excluding carboxylic acids is 1. The fourth-order valence-electron chi connectivity index (χ4n) is 2.17. The van der Waals surface area contributed by atoms with Gasteiger partial charge in [-0.3, -0.25) is 4.79 Å². The monoisotopic (exact) mass is 289 g/mol. The smallest absolute Gasteiger partial charge is 0.259 e. The molecule has 2 aromatic carbocycles. The van der Waals surface area contributed by atoms with Crippen molar-refractivity contribution in [2.24, 2.45) is 0 Å². The molecule has 2 rings (SSSR count). The summed E-state index contributed by atoms with van der Waals surface area (Å²) in [6, 6.07) is 13.1. The van der Waals surface area contributed by atoms with Gasteiger partial charge in [-0.25, -0.2) is 8.78 Å². The van der Waals surface area contributed by atoms with Crippen molar-refractivity contribution in [3.8, 4) is 0 Å². The van der Waals surface area contributed by atoms with Gasteiger partial charge < -0.3 is 4.90 Å². The fraction of sp³-hybridized carbons (Fsp3) is 0.235. The van der Waals surface area contributed by atoms with Crippen LogP contribution >= 0.6 is 0 Å². The summed E-state index contributed by atoms with van der Waals surface area (Å²) in [5.74, 6) is -2.25. The van der Waals surface area contributed by atoms with Crippen LogP contribution in [-0.2, 0) is 6.42 Å². The maximum Gasteiger partial charge on any atom is 0.259 e. The first-order valence-electron chi connectivity index (χ1n) is 6.90. The Bertz CT molecular complexity index is 593. The molecule has 0 saturated carbocycles. The Morgan fingerprint density at radius 2 is 1.62 bits per heavy atom. The van der Waals surface area contributed by atoms with E-state index < -0.39 is 23.1 Å². The lowest BCUT2D eigenvalue weighted by atomic mass is 10.1. The normalized spacial score (nSPS) is 10.4. The molecule has 0 atom stereocenters. The van der Waals surface area contributed by atoms with Crippen LogP contribution in [-0.4, -0.2) is 23.9 Å². The predicted octanol–water partition coefficient (Wildman–Crippen LogP) is 3.67. The highest BCUT2D eigenvalue weighted by atomic mass is 19.1. The van der Waals surface area contributed by atoms with Gasteiger partial charge >= 0.3 is 0 Å². The third-order valence-corrected chi connectivity index (χ3v) is 3.36.